The minimum Gasteiger partial charge on any atom is -0.496 e. The van der Waals surface area contributed by atoms with Crippen LogP contribution in [-0.4, -0.2) is 73.5 Å². The molecule has 1 aromatic carbocycles. The highest BCUT2D eigenvalue weighted by Gasteiger charge is 2.20. The molecule has 1 aliphatic rings. The number of Topliss-reactive ketones (excluding diaryl/α,β-unsaturated/α-hetero) is 1. The third-order valence-corrected chi connectivity index (χ3v) is 3.71. The first kappa shape index (κ1) is 15.5. The maximum atomic E-state index is 12.4. The highest BCUT2D eigenvalue weighted by molar-refractivity contribution is 6.02. The van der Waals surface area contributed by atoms with Gasteiger partial charge in [-0.25, -0.2) is 4.79 Å². The van der Waals surface area contributed by atoms with Crippen LogP contribution in [0.2, 0.25) is 0 Å². The van der Waals surface area contributed by atoms with E-state index in [0.717, 1.165) is 26.2 Å². The fraction of sp³-hybridized carbons (Fsp3) is 0.467. The van der Waals surface area contributed by atoms with Crippen LogP contribution in [0.1, 0.15) is 20.7 Å². The van der Waals surface area contributed by atoms with Crippen molar-refractivity contribution in [1.29, 1.82) is 0 Å². The van der Waals surface area contributed by atoms with E-state index in [1.807, 2.05) is 0 Å². The van der Waals surface area contributed by atoms with E-state index in [-0.39, 0.29) is 17.9 Å². The molecule has 0 bridgehead atoms. The summed E-state index contributed by atoms with van der Waals surface area (Å²) in [6, 6.07) is 4.36. The summed E-state index contributed by atoms with van der Waals surface area (Å²) in [5.74, 6) is -0.745. The van der Waals surface area contributed by atoms with Gasteiger partial charge in [0.1, 0.15) is 5.75 Å². The van der Waals surface area contributed by atoms with Crippen molar-refractivity contribution < 1.29 is 19.4 Å². The van der Waals surface area contributed by atoms with Crippen molar-refractivity contribution in [2.24, 2.45) is 0 Å². The van der Waals surface area contributed by atoms with Crippen LogP contribution in [0.25, 0.3) is 0 Å². The molecule has 1 aromatic rings. The molecule has 1 N–H and O–H groups in total. The number of aromatic carboxylic acids is 1. The molecular formula is C15H20N2O4. The lowest BCUT2D eigenvalue weighted by atomic mass is 10.0. The maximum absolute atomic E-state index is 12.4. The number of hydrogen-bond acceptors (Lipinski definition) is 5. The summed E-state index contributed by atoms with van der Waals surface area (Å²) in [6.07, 6.45) is 0. The van der Waals surface area contributed by atoms with Crippen LogP contribution in [0.4, 0.5) is 0 Å². The molecular weight excluding hydrogens is 272 g/mol. The molecule has 0 amide bonds. The lowest BCUT2D eigenvalue weighted by Gasteiger charge is -2.31. The number of carbonyl (C=O) groups is 2. The van der Waals surface area contributed by atoms with Crippen molar-refractivity contribution in [2.45, 2.75) is 0 Å². The van der Waals surface area contributed by atoms with E-state index in [9.17, 15) is 9.59 Å². The van der Waals surface area contributed by atoms with E-state index >= 15 is 0 Å². The summed E-state index contributed by atoms with van der Waals surface area (Å²) >= 11 is 0. The molecule has 21 heavy (non-hydrogen) atoms. The normalized spacial score (nSPS) is 16.7. The van der Waals surface area contributed by atoms with E-state index in [2.05, 4.69) is 16.8 Å². The molecule has 6 heteroatoms. The lowest BCUT2D eigenvalue weighted by Crippen LogP contribution is -2.46. The molecule has 114 valence electrons. The third-order valence-electron chi connectivity index (χ3n) is 3.71. The van der Waals surface area contributed by atoms with Gasteiger partial charge in [-0.2, -0.15) is 0 Å². The number of carboxylic acid groups (broad SMARTS) is 1. The summed E-state index contributed by atoms with van der Waals surface area (Å²) in [4.78, 5) is 27.7. The van der Waals surface area contributed by atoms with Crippen molar-refractivity contribution in [1.82, 2.24) is 9.80 Å². The molecule has 1 fully saturated rings. The first-order chi connectivity index (χ1) is 10.0. The lowest BCUT2D eigenvalue weighted by molar-refractivity contribution is 0.0697. The summed E-state index contributed by atoms with van der Waals surface area (Å²) in [6.45, 7) is 3.82. The summed E-state index contributed by atoms with van der Waals surface area (Å²) in [7, 11) is 3.53. The number of benzene rings is 1. The molecule has 0 saturated carbocycles. The second-order valence-electron chi connectivity index (χ2n) is 5.22. The van der Waals surface area contributed by atoms with Crippen LogP contribution in [0.15, 0.2) is 18.2 Å². The van der Waals surface area contributed by atoms with Crippen molar-refractivity contribution >= 4 is 11.8 Å². The zero-order chi connectivity index (χ0) is 15.4. The van der Waals surface area contributed by atoms with Gasteiger partial charge in [0.15, 0.2) is 5.78 Å². The van der Waals surface area contributed by atoms with Crippen molar-refractivity contribution in [3.8, 4) is 5.75 Å². The standard InChI is InChI=1S/C15H20N2O4/c1-16-5-7-17(8-6-16)10-13(18)12-9-11(15(19)20)3-4-14(12)21-2/h3-4,9H,5-8,10H2,1-2H3,(H,19,20). The molecule has 6 nitrogen and oxygen atoms in total. The first-order valence-electron chi connectivity index (χ1n) is 6.86. The average Bonchev–Trinajstić information content (AvgIpc) is 2.48. The highest BCUT2D eigenvalue weighted by atomic mass is 16.5. The second kappa shape index (κ2) is 6.69. The average molecular weight is 292 g/mol. The van der Waals surface area contributed by atoms with Gasteiger partial charge in [0.05, 0.1) is 24.8 Å². The van der Waals surface area contributed by atoms with Crippen LogP contribution < -0.4 is 4.74 Å². The molecule has 0 radical (unpaired) electrons. The van der Waals surface area contributed by atoms with Gasteiger partial charge in [0.25, 0.3) is 0 Å². The Morgan fingerprint density at radius 1 is 1.24 bits per heavy atom. The predicted molar refractivity (Wildman–Crippen MR) is 78.2 cm³/mol. The summed E-state index contributed by atoms with van der Waals surface area (Å²) in [5, 5.41) is 9.04. The molecule has 2 rings (SSSR count). The number of ether oxygens (including phenoxy) is 1. The SMILES string of the molecule is COc1ccc(C(=O)O)cc1C(=O)CN1CCN(C)CC1. The minimum atomic E-state index is -1.05. The number of rotatable bonds is 5. The monoisotopic (exact) mass is 292 g/mol. The van der Waals surface area contributed by atoms with E-state index in [1.165, 1.54) is 25.3 Å². The van der Waals surface area contributed by atoms with E-state index in [1.54, 1.807) is 0 Å². The van der Waals surface area contributed by atoms with Crippen LogP contribution in [0, 0.1) is 0 Å². The highest BCUT2D eigenvalue weighted by Crippen LogP contribution is 2.21. The zero-order valence-electron chi connectivity index (χ0n) is 12.3. The van der Waals surface area contributed by atoms with E-state index < -0.39 is 5.97 Å². The van der Waals surface area contributed by atoms with Gasteiger partial charge in [-0.3, -0.25) is 9.69 Å². The molecule has 1 aliphatic heterocycles. The molecule has 1 heterocycles. The van der Waals surface area contributed by atoms with Crippen molar-refractivity contribution in [3.05, 3.63) is 29.3 Å². The fourth-order valence-electron chi connectivity index (χ4n) is 2.35. The van der Waals surface area contributed by atoms with Crippen LogP contribution in [0.5, 0.6) is 5.75 Å². The number of likely N-dealkylation sites (N-methyl/N-ethyl adjacent to an activating group) is 1. The Morgan fingerprint density at radius 2 is 1.90 bits per heavy atom. The Hall–Kier alpha value is -1.92. The Balaban J connectivity index is 2.13. The van der Waals surface area contributed by atoms with Gasteiger partial charge in [-0.1, -0.05) is 0 Å². The Labute approximate surface area is 123 Å². The van der Waals surface area contributed by atoms with Crippen molar-refractivity contribution in [3.63, 3.8) is 0 Å². The number of piperazine rings is 1. The first-order valence-corrected chi connectivity index (χ1v) is 6.86. The Kier molecular flexibility index (Phi) is 4.93. The second-order valence-corrected chi connectivity index (χ2v) is 5.22. The van der Waals surface area contributed by atoms with Crippen LogP contribution in [-0.2, 0) is 0 Å². The summed E-state index contributed by atoms with van der Waals surface area (Å²) in [5.41, 5.74) is 0.425. The molecule has 0 aromatic heterocycles. The Morgan fingerprint density at radius 3 is 2.48 bits per heavy atom. The van der Waals surface area contributed by atoms with Crippen molar-refractivity contribution in [2.75, 3.05) is 46.9 Å². The largest absolute Gasteiger partial charge is 0.496 e. The quantitative estimate of drug-likeness (QED) is 0.810. The number of hydrogen-bond donors (Lipinski definition) is 1. The van der Waals surface area contributed by atoms with Gasteiger partial charge >= 0.3 is 5.97 Å². The number of carboxylic acids is 1. The zero-order valence-corrected chi connectivity index (χ0v) is 12.3. The molecule has 0 unspecified atom stereocenters. The number of nitrogens with zero attached hydrogens (tertiary/aromatic N) is 2. The molecule has 1 saturated heterocycles. The maximum Gasteiger partial charge on any atom is 0.335 e. The number of methoxy groups -OCH3 is 1. The van der Waals surface area contributed by atoms with Gasteiger partial charge in [-0.05, 0) is 25.2 Å². The predicted octanol–water partition coefficient (Wildman–Crippen LogP) is 0.823. The fourth-order valence-corrected chi connectivity index (χ4v) is 2.35. The van der Waals surface area contributed by atoms with Gasteiger partial charge in [-0.15, -0.1) is 0 Å². The topological polar surface area (TPSA) is 70.1 Å². The van der Waals surface area contributed by atoms with E-state index in [4.69, 9.17) is 9.84 Å². The molecule has 0 atom stereocenters. The number of ketones is 1. The number of carbonyl (C=O) groups excluding carboxylic acids is 1. The van der Waals surface area contributed by atoms with Gasteiger partial charge < -0.3 is 14.7 Å². The Bertz CT molecular complexity index is 536. The van der Waals surface area contributed by atoms with Crippen LogP contribution in [0.3, 0.4) is 0 Å². The van der Waals surface area contributed by atoms with Gasteiger partial charge in [0, 0.05) is 26.2 Å². The van der Waals surface area contributed by atoms with Gasteiger partial charge in [0.2, 0.25) is 0 Å². The third kappa shape index (κ3) is 3.80. The van der Waals surface area contributed by atoms with Crippen LogP contribution >= 0.6 is 0 Å². The minimum absolute atomic E-state index is 0.0949. The molecule has 0 aliphatic carbocycles. The summed E-state index contributed by atoms with van der Waals surface area (Å²) < 4.78 is 5.17. The smallest absolute Gasteiger partial charge is 0.335 e. The molecule has 0 spiro atoms. The van der Waals surface area contributed by atoms with E-state index in [0.29, 0.717) is 11.3 Å².